The summed E-state index contributed by atoms with van der Waals surface area (Å²) in [6.07, 6.45) is 10.5. The van der Waals surface area contributed by atoms with Gasteiger partial charge in [-0.2, -0.15) is 0 Å². The number of nitrogens with one attached hydrogen (secondary N) is 1. The van der Waals surface area contributed by atoms with Crippen LogP contribution in [0.1, 0.15) is 64.7 Å². The third-order valence-electron chi connectivity index (χ3n) is 4.78. The smallest absolute Gasteiger partial charge is 0.225 e. The zero-order valence-corrected chi connectivity index (χ0v) is 12.3. The fourth-order valence-corrected chi connectivity index (χ4v) is 3.83. The van der Waals surface area contributed by atoms with Crippen molar-refractivity contribution < 1.29 is 4.79 Å². The number of hydrogen-bond donors (Lipinski definition) is 1. The quantitative estimate of drug-likeness (QED) is 0.776. The van der Waals surface area contributed by atoms with E-state index in [-0.39, 0.29) is 11.3 Å². The summed E-state index contributed by atoms with van der Waals surface area (Å²) in [4.78, 5) is 12.3. The molecule has 0 aliphatic heterocycles. The van der Waals surface area contributed by atoms with Gasteiger partial charge in [-0.05, 0) is 38.0 Å². The monoisotopic (exact) mass is 271 g/mol. The van der Waals surface area contributed by atoms with Crippen LogP contribution in [-0.2, 0) is 4.79 Å². The topological polar surface area (TPSA) is 29.1 Å². The molecule has 18 heavy (non-hydrogen) atoms. The Morgan fingerprint density at radius 2 is 1.94 bits per heavy atom. The standard InChI is InChI=1S/C15H26ClNO/c1-15(8-3-2-4-9-15)14(18)17-11-12-6-5-7-13(16)10-12/h12-13H,2-11H2,1H3,(H,17,18). The molecular formula is C15H26ClNO. The number of carbonyl (C=O) groups excluding carboxylic acids is 1. The Hall–Kier alpha value is -0.240. The van der Waals surface area contributed by atoms with Crippen molar-refractivity contribution in [3.8, 4) is 0 Å². The first-order valence-corrected chi connectivity index (χ1v) is 7.96. The fraction of sp³-hybridized carbons (Fsp3) is 0.933. The number of amides is 1. The van der Waals surface area contributed by atoms with Crippen molar-refractivity contribution in [2.75, 3.05) is 6.54 Å². The molecule has 2 atom stereocenters. The van der Waals surface area contributed by atoms with Crippen molar-refractivity contribution in [1.82, 2.24) is 5.32 Å². The number of carbonyl (C=O) groups is 1. The molecule has 2 aliphatic rings. The van der Waals surface area contributed by atoms with E-state index in [2.05, 4.69) is 12.2 Å². The lowest BCUT2D eigenvalue weighted by molar-refractivity contribution is -0.132. The van der Waals surface area contributed by atoms with Crippen LogP contribution < -0.4 is 5.32 Å². The van der Waals surface area contributed by atoms with Crippen LogP contribution in [0.3, 0.4) is 0 Å². The van der Waals surface area contributed by atoms with Crippen molar-refractivity contribution in [3.05, 3.63) is 0 Å². The van der Waals surface area contributed by atoms with Crippen molar-refractivity contribution in [3.63, 3.8) is 0 Å². The molecule has 0 aromatic rings. The highest BCUT2D eigenvalue weighted by Crippen LogP contribution is 2.36. The van der Waals surface area contributed by atoms with Crippen LogP contribution >= 0.6 is 11.6 Å². The highest BCUT2D eigenvalue weighted by Gasteiger charge is 2.34. The van der Waals surface area contributed by atoms with E-state index in [0.29, 0.717) is 11.3 Å². The summed E-state index contributed by atoms with van der Waals surface area (Å²) in [5.74, 6) is 0.872. The molecule has 2 saturated carbocycles. The Morgan fingerprint density at radius 1 is 1.22 bits per heavy atom. The predicted octanol–water partition coefficient (Wildman–Crippen LogP) is 3.87. The maximum Gasteiger partial charge on any atom is 0.225 e. The number of halogens is 1. The van der Waals surface area contributed by atoms with Gasteiger partial charge >= 0.3 is 0 Å². The third kappa shape index (κ3) is 3.63. The summed E-state index contributed by atoms with van der Waals surface area (Å²) >= 11 is 6.19. The second-order valence-corrected chi connectivity index (χ2v) is 7.08. The molecule has 2 nitrogen and oxygen atoms in total. The molecule has 0 heterocycles. The van der Waals surface area contributed by atoms with Gasteiger partial charge in [-0.3, -0.25) is 4.79 Å². The normalized spacial score (nSPS) is 31.9. The van der Waals surface area contributed by atoms with Gasteiger partial charge in [-0.25, -0.2) is 0 Å². The minimum Gasteiger partial charge on any atom is -0.355 e. The maximum absolute atomic E-state index is 12.3. The second kappa shape index (κ2) is 6.27. The van der Waals surface area contributed by atoms with Gasteiger partial charge in [0, 0.05) is 17.3 Å². The van der Waals surface area contributed by atoms with E-state index >= 15 is 0 Å². The van der Waals surface area contributed by atoms with Crippen LogP contribution in [0.15, 0.2) is 0 Å². The highest BCUT2D eigenvalue weighted by atomic mass is 35.5. The summed E-state index contributed by atoms with van der Waals surface area (Å²) in [7, 11) is 0. The van der Waals surface area contributed by atoms with Gasteiger partial charge in [0.25, 0.3) is 0 Å². The van der Waals surface area contributed by atoms with Crippen molar-refractivity contribution >= 4 is 17.5 Å². The summed E-state index contributed by atoms with van der Waals surface area (Å²) in [6, 6.07) is 0. The molecule has 2 rings (SSSR count). The number of hydrogen-bond acceptors (Lipinski definition) is 1. The van der Waals surface area contributed by atoms with Gasteiger partial charge in [-0.15, -0.1) is 11.6 Å². The molecule has 0 saturated heterocycles. The lowest BCUT2D eigenvalue weighted by Crippen LogP contribution is -2.42. The molecule has 0 spiro atoms. The molecule has 2 aliphatic carbocycles. The number of alkyl halides is 1. The maximum atomic E-state index is 12.3. The Kier molecular flexibility index (Phi) is 4.94. The molecule has 2 unspecified atom stereocenters. The molecule has 0 radical (unpaired) electrons. The molecule has 0 aromatic heterocycles. The predicted molar refractivity (Wildman–Crippen MR) is 75.8 cm³/mol. The molecule has 1 amide bonds. The lowest BCUT2D eigenvalue weighted by Gasteiger charge is -2.33. The Labute approximate surface area is 116 Å². The average Bonchev–Trinajstić information content (AvgIpc) is 2.37. The van der Waals surface area contributed by atoms with Gasteiger partial charge in [0.2, 0.25) is 5.91 Å². The molecule has 2 fully saturated rings. The Balaban J connectivity index is 1.76. The van der Waals surface area contributed by atoms with Gasteiger partial charge in [0.1, 0.15) is 0 Å². The molecular weight excluding hydrogens is 246 g/mol. The summed E-state index contributed by atoms with van der Waals surface area (Å²) in [6.45, 7) is 2.96. The van der Waals surface area contributed by atoms with E-state index in [1.807, 2.05) is 0 Å². The second-order valence-electron chi connectivity index (χ2n) is 6.46. The van der Waals surface area contributed by atoms with Gasteiger partial charge in [0.05, 0.1) is 0 Å². The summed E-state index contributed by atoms with van der Waals surface area (Å²) < 4.78 is 0. The Bertz CT molecular complexity index is 286. The summed E-state index contributed by atoms with van der Waals surface area (Å²) in [5.41, 5.74) is -0.104. The SMILES string of the molecule is CC1(C(=O)NCC2CCCC(Cl)C2)CCCCC1. The van der Waals surface area contributed by atoms with Crippen molar-refractivity contribution in [2.24, 2.45) is 11.3 Å². The lowest BCUT2D eigenvalue weighted by atomic mass is 9.75. The molecule has 1 N–H and O–H groups in total. The van der Waals surface area contributed by atoms with E-state index in [0.717, 1.165) is 32.2 Å². The van der Waals surface area contributed by atoms with Crippen LogP contribution in [0.2, 0.25) is 0 Å². The zero-order valence-electron chi connectivity index (χ0n) is 11.5. The van der Waals surface area contributed by atoms with E-state index in [4.69, 9.17) is 11.6 Å². The first kappa shape index (κ1) is 14.2. The van der Waals surface area contributed by atoms with Crippen LogP contribution in [0.5, 0.6) is 0 Å². The van der Waals surface area contributed by atoms with Crippen LogP contribution in [0.4, 0.5) is 0 Å². The molecule has 0 bridgehead atoms. The zero-order chi connectivity index (χ0) is 13.0. The van der Waals surface area contributed by atoms with Gasteiger partial charge < -0.3 is 5.32 Å². The minimum absolute atomic E-state index is 0.104. The van der Waals surface area contributed by atoms with E-state index in [1.54, 1.807) is 0 Å². The third-order valence-corrected chi connectivity index (χ3v) is 5.17. The molecule has 0 aromatic carbocycles. The fourth-order valence-electron chi connectivity index (χ4n) is 3.42. The first-order chi connectivity index (χ1) is 8.60. The highest BCUT2D eigenvalue weighted by molar-refractivity contribution is 6.20. The van der Waals surface area contributed by atoms with Crippen LogP contribution in [0.25, 0.3) is 0 Å². The first-order valence-electron chi connectivity index (χ1n) is 7.52. The van der Waals surface area contributed by atoms with Gasteiger partial charge in [0.15, 0.2) is 0 Å². The molecule has 3 heteroatoms. The van der Waals surface area contributed by atoms with Crippen LogP contribution in [0, 0.1) is 11.3 Å². The van der Waals surface area contributed by atoms with E-state index in [1.165, 1.54) is 32.1 Å². The molecule has 104 valence electrons. The van der Waals surface area contributed by atoms with E-state index in [9.17, 15) is 4.79 Å². The summed E-state index contributed by atoms with van der Waals surface area (Å²) in [5, 5.41) is 3.51. The van der Waals surface area contributed by atoms with Crippen molar-refractivity contribution in [1.29, 1.82) is 0 Å². The Morgan fingerprint density at radius 3 is 2.61 bits per heavy atom. The van der Waals surface area contributed by atoms with E-state index < -0.39 is 0 Å². The number of rotatable bonds is 3. The van der Waals surface area contributed by atoms with Crippen molar-refractivity contribution in [2.45, 2.75) is 70.1 Å². The largest absolute Gasteiger partial charge is 0.355 e. The van der Waals surface area contributed by atoms with Crippen LogP contribution in [-0.4, -0.2) is 17.8 Å². The van der Waals surface area contributed by atoms with Gasteiger partial charge in [-0.1, -0.05) is 32.6 Å². The minimum atomic E-state index is -0.104. The average molecular weight is 272 g/mol.